The first-order valence-electron chi connectivity index (χ1n) is 47.5. The molecule has 11 aromatic carbocycles. The Morgan fingerprint density at radius 3 is 1.40 bits per heavy atom. The largest absolute Gasteiger partial charge is 0.497 e. The Balaban J connectivity index is 0.000000158. The van der Waals surface area contributed by atoms with E-state index >= 15 is 0 Å². The number of ether oxygens (including phenoxy) is 13. The molecule has 17 rings (SSSR count). The summed E-state index contributed by atoms with van der Waals surface area (Å²) in [6.45, 7) is 1.16. The lowest BCUT2D eigenvalue weighted by Gasteiger charge is -2.47. The molecule has 764 valence electrons. The zero-order chi connectivity index (χ0) is 104. The van der Waals surface area contributed by atoms with Crippen molar-refractivity contribution < 1.29 is 86.8 Å². The van der Waals surface area contributed by atoms with Gasteiger partial charge in [-0.1, -0.05) is 316 Å². The lowest BCUT2D eigenvalue weighted by Crippen LogP contribution is -2.62. The van der Waals surface area contributed by atoms with E-state index in [9.17, 15) is 35.2 Å². The number of azide groups is 4. The molecule has 3 aliphatic heterocycles. The molecule has 1 unspecified atom stereocenters. The van der Waals surface area contributed by atoms with E-state index in [-0.39, 0.29) is 83.4 Å². The van der Waals surface area contributed by atoms with Gasteiger partial charge in [0.2, 0.25) is 0 Å². The molecule has 0 aliphatic carbocycles. The highest BCUT2D eigenvalue weighted by Gasteiger charge is 2.53. The van der Waals surface area contributed by atoms with Crippen LogP contribution in [0, 0.1) is 0 Å². The van der Waals surface area contributed by atoms with Crippen molar-refractivity contribution in [1.29, 1.82) is 0 Å². The first-order valence-corrected chi connectivity index (χ1v) is 47.5. The van der Waals surface area contributed by atoms with E-state index in [0.717, 1.165) is 61.3 Å². The van der Waals surface area contributed by atoms with Crippen LogP contribution in [0.25, 0.3) is 41.8 Å². The van der Waals surface area contributed by atoms with Gasteiger partial charge in [-0.3, -0.25) is 14.3 Å². The van der Waals surface area contributed by atoms with Gasteiger partial charge in [-0.05, 0) is 114 Å². The Kier molecular flexibility index (Phi) is 40.8. The fraction of sp³-hybridized carbons (Fsp3) is 0.306. The molecule has 3 aliphatic rings. The van der Waals surface area contributed by atoms with Crippen LogP contribution in [-0.4, -0.2) is 181 Å². The SMILES string of the molecule is CO[C@@H]1O[C@H](CO)[C@@H](OCc2ccccc2)[C@H](OCc2ccccc2)[C@H]1OC(=O)c1ccccc1CN=[N+]=[N-].COc1ccc(C(OC[C@H]2O[C@@H](n3cc(CN=[N+]=[N-])c(=O)[nH]c3=O)C[C@@H]2O)(c2ccccc2)c2ccc(OC)cc2)cc1.[N-]=[N+]=NCc1c(Cn2cc(CO)nn2)nnn1Cc1ccccc1.[N-]=[N+]=N[C@@H](c1ccccc1)C1O[C@H](CO)[C@@H](OCc2ccccc2)[C@H](OCc2ccccc2)[C@H]1OCc1ccccc1. The predicted octanol–water partition coefficient (Wildman–Crippen LogP) is 16.4. The molecular weight excluding hydrogens is 1900 g/mol. The molecule has 40 nitrogen and oxygen atoms in total. The molecule has 0 amide bonds. The quantitative estimate of drug-likeness (QED) is 0.00779. The molecule has 3 aromatic heterocycles. The minimum atomic E-state index is -1.13. The number of nitrogens with zero attached hydrogens (tertiary/aromatic N) is 19. The number of H-pyrrole nitrogens is 1. The van der Waals surface area contributed by atoms with E-state index in [2.05, 4.69) is 65.7 Å². The minimum absolute atomic E-state index is 0.0139. The van der Waals surface area contributed by atoms with Gasteiger partial charge >= 0.3 is 11.7 Å². The molecule has 5 N–H and O–H groups in total. The average Bonchev–Trinajstić information content (AvgIpc) is 0.868. The van der Waals surface area contributed by atoms with E-state index in [1.165, 1.54) is 17.9 Å². The number of carbonyl (C=O) groups excluding carboxylic acids is 1. The summed E-state index contributed by atoms with van der Waals surface area (Å²) in [4.78, 5) is 51.8. The predicted molar refractivity (Wildman–Crippen MR) is 541 cm³/mol. The van der Waals surface area contributed by atoms with Crippen LogP contribution < -0.4 is 20.7 Å². The Morgan fingerprint density at radius 1 is 0.473 bits per heavy atom. The fourth-order valence-corrected chi connectivity index (χ4v) is 17.2. The number of hydrogen-bond donors (Lipinski definition) is 5. The number of methoxy groups -OCH3 is 3. The summed E-state index contributed by atoms with van der Waals surface area (Å²) in [7, 11) is 4.62. The van der Waals surface area contributed by atoms with Crippen LogP contribution in [0.15, 0.2) is 358 Å². The van der Waals surface area contributed by atoms with Crippen LogP contribution in [0.3, 0.4) is 0 Å². The maximum atomic E-state index is 13.4. The van der Waals surface area contributed by atoms with Crippen molar-refractivity contribution in [2.75, 3.05) is 41.2 Å². The smallest absolute Gasteiger partial charge is 0.338 e. The number of carbonyl (C=O) groups is 1. The summed E-state index contributed by atoms with van der Waals surface area (Å²) >= 11 is 0. The van der Waals surface area contributed by atoms with Gasteiger partial charge < -0.3 is 82.0 Å². The van der Waals surface area contributed by atoms with Crippen molar-refractivity contribution in [2.24, 2.45) is 20.5 Å². The normalized spacial score (nSPS) is 19.4. The standard InChI is InChI=1S/C34H35N3O5.C31H31N5O7.C29H31N3O7.C14H15N9O/c35-37-36-30(28-19-11-4-12-20-28)32-34(41-24-27-17-9-3-10-18-27)33(40-23-26-15-7-2-8-16-26)31(29(21-38)42-32)39-22-25-13-5-1-6-14-25;1-40-24-12-8-22(9-13-24)31(21-6-4-3-5-7-21,23-10-14-25(41-2)15-11-23)42-19-27-26(37)16-28(43-27)36-18-20(17-33-35-32)29(38)34-30(36)39;1-35-29-27(39-28(34)23-15-9-8-14-22(23)16-31-32-30)26(37-19-21-12-6-3-7-13-21)25(24(17-33)38-29)36-18-20-10-4-2-5-11-20;15-19-16-6-14-13(9-22-8-12(10-24)17-20-22)18-21-23(14)7-11-4-2-1-3-5-11/h1-20,29-34,38H,21-24H2;3-15,18,26-28,37H,16-17,19H2,1-2H3,(H,34,38,39);2-15,24-27,29,33H,16-19H2,1H3;1-5,8,24H,6-7,9-10H2/t29-,30+,31-,32?,33+,34+;26-,27+,28+;24-,25-,26+,27-,29-;/m101./s1. The van der Waals surface area contributed by atoms with Gasteiger partial charge in [0.15, 0.2) is 12.4 Å². The monoisotopic (exact) mass is 2010 g/mol. The minimum Gasteiger partial charge on any atom is -0.497 e. The van der Waals surface area contributed by atoms with Crippen molar-refractivity contribution in [3.63, 3.8) is 0 Å². The molecular formula is C108H112N20O20. The van der Waals surface area contributed by atoms with Crippen molar-refractivity contribution in [1.82, 2.24) is 39.5 Å². The first kappa shape index (κ1) is 108. The van der Waals surface area contributed by atoms with E-state index in [1.807, 2.05) is 291 Å². The summed E-state index contributed by atoms with van der Waals surface area (Å²) in [5, 5.41) is 71.7. The third kappa shape index (κ3) is 29.1. The van der Waals surface area contributed by atoms with Crippen LogP contribution >= 0.6 is 0 Å². The number of aromatic amines is 1. The maximum Gasteiger partial charge on any atom is 0.338 e. The highest BCUT2D eigenvalue weighted by molar-refractivity contribution is 5.91. The maximum absolute atomic E-state index is 13.4. The molecule has 0 radical (unpaired) electrons. The lowest BCUT2D eigenvalue weighted by atomic mass is 9.80. The molecule has 40 heteroatoms. The van der Waals surface area contributed by atoms with Gasteiger partial charge in [-0.25, -0.2) is 19.0 Å². The van der Waals surface area contributed by atoms with Crippen LogP contribution in [0.4, 0.5) is 0 Å². The summed E-state index contributed by atoms with van der Waals surface area (Å²) in [5.41, 5.74) is 44.9. The number of rotatable bonds is 43. The van der Waals surface area contributed by atoms with Crippen LogP contribution in [-0.2, 0) is 130 Å². The van der Waals surface area contributed by atoms with E-state index in [0.29, 0.717) is 54.8 Å². The van der Waals surface area contributed by atoms with Gasteiger partial charge in [-0.15, -0.1) is 10.2 Å². The lowest BCUT2D eigenvalue weighted by molar-refractivity contribution is -0.310. The molecule has 6 heterocycles. The second-order valence-electron chi connectivity index (χ2n) is 34.1. The second kappa shape index (κ2) is 56.0. The van der Waals surface area contributed by atoms with Gasteiger partial charge in [0, 0.05) is 44.9 Å². The third-order valence-electron chi connectivity index (χ3n) is 24.6. The Bertz CT molecular complexity index is 6740. The number of hydrogen-bond acceptors (Lipinski definition) is 28. The fourth-order valence-electron chi connectivity index (χ4n) is 17.2. The summed E-state index contributed by atoms with van der Waals surface area (Å²) < 4.78 is 84.5. The van der Waals surface area contributed by atoms with Gasteiger partial charge in [0.25, 0.3) is 5.56 Å². The Hall–Kier alpha value is -15.9. The summed E-state index contributed by atoms with van der Waals surface area (Å²) in [6, 6.07) is 98.7. The zero-order valence-corrected chi connectivity index (χ0v) is 81.2. The van der Waals surface area contributed by atoms with Crippen molar-refractivity contribution >= 4 is 5.97 Å². The number of nitrogens with one attached hydrogen (secondary N) is 1. The molecule has 14 atom stereocenters. The van der Waals surface area contributed by atoms with Crippen LogP contribution in [0.5, 0.6) is 11.5 Å². The molecule has 3 saturated heterocycles. The number of aromatic nitrogens is 8. The van der Waals surface area contributed by atoms with Crippen molar-refractivity contribution in [2.45, 2.75) is 170 Å². The topological polar surface area (TPSA) is 529 Å². The third-order valence-corrected chi connectivity index (χ3v) is 24.6. The number of aliphatic hydroxyl groups is 4. The Labute approximate surface area is 850 Å². The van der Waals surface area contributed by atoms with Crippen LogP contribution in [0.2, 0.25) is 0 Å². The highest BCUT2D eigenvalue weighted by atomic mass is 16.7. The molecule has 0 saturated carbocycles. The van der Waals surface area contributed by atoms with E-state index in [4.69, 9.17) is 83.3 Å². The van der Waals surface area contributed by atoms with Gasteiger partial charge in [0.1, 0.15) is 83.5 Å². The zero-order valence-electron chi connectivity index (χ0n) is 81.2. The molecule has 14 aromatic rings. The van der Waals surface area contributed by atoms with Crippen molar-refractivity contribution in [3.05, 3.63) is 480 Å². The first-order chi connectivity index (χ1) is 72.6. The molecule has 0 bridgehead atoms. The second-order valence-corrected chi connectivity index (χ2v) is 34.1. The summed E-state index contributed by atoms with van der Waals surface area (Å²) in [6.07, 6.45) is -7.74. The number of aliphatic hydroxyl groups excluding tert-OH is 4. The molecule has 3 fully saturated rings. The van der Waals surface area contributed by atoms with E-state index < -0.39 is 109 Å². The summed E-state index contributed by atoms with van der Waals surface area (Å²) in [5.74, 6) is 0.708. The van der Waals surface area contributed by atoms with E-state index in [1.54, 1.807) is 54.0 Å². The average molecular weight is 2010 g/mol. The number of esters is 1. The van der Waals surface area contributed by atoms with Crippen molar-refractivity contribution in [3.8, 4) is 11.5 Å². The van der Waals surface area contributed by atoms with Gasteiger partial charge in [0.05, 0.1) is 142 Å². The Morgan fingerprint density at radius 2 is 0.919 bits per heavy atom. The van der Waals surface area contributed by atoms with Gasteiger partial charge in [-0.2, -0.15) is 0 Å². The number of benzene rings is 11. The molecule has 0 spiro atoms. The highest BCUT2D eigenvalue weighted by Crippen LogP contribution is 2.44. The van der Waals surface area contributed by atoms with Crippen LogP contribution in [0.1, 0.15) is 113 Å². The molecule has 148 heavy (non-hydrogen) atoms.